The molecule has 1 aromatic rings. The van der Waals surface area contributed by atoms with Gasteiger partial charge in [-0.25, -0.2) is 0 Å². The zero-order valence-electron chi connectivity index (χ0n) is 12.1. The summed E-state index contributed by atoms with van der Waals surface area (Å²) in [4.78, 5) is 25.9. The first-order valence-electron chi connectivity index (χ1n) is 7.40. The van der Waals surface area contributed by atoms with Crippen LogP contribution in [0.3, 0.4) is 0 Å². The molecule has 2 aliphatic rings. The summed E-state index contributed by atoms with van der Waals surface area (Å²) in [5.74, 6) is 0.699. The minimum absolute atomic E-state index is 0.108. The van der Waals surface area contributed by atoms with Crippen molar-refractivity contribution in [2.24, 2.45) is 5.92 Å². The molecule has 1 aliphatic heterocycles. The molecule has 2 N–H and O–H groups in total. The summed E-state index contributed by atoms with van der Waals surface area (Å²) in [5, 5.41) is 12.6. The van der Waals surface area contributed by atoms with Gasteiger partial charge in [-0.15, -0.1) is 0 Å². The lowest BCUT2D eigenvalue weighted by atomic mass is 10.1. The Bertz CT molecular complexity index is 572. The zero-order chi connectivity index (χ0) is 15.0. The van der Waals surface area contributed by atoms with Crippen molar-refractivity contribution < 1.29 is 14.7 Å². The predicted octanol–water partition coefficient (Wildman–Crippen LogP) is 1.06. The molecule has 1 saturated carbocycles. The Balaban J connectivity index is 1.54. The lowest BCUT2D eigenvalue weighted by molar-refractivity contribution is -0.128. The van der Waals surface area contributed by atoms with Crippen molar-refractivity contribution in [1.82, 2.24) is 10.2 Å². The molecule has 0 unspecified atom stereocenters. The third-order valence-corrected chi connectivity index (χ3v) is 4.33. The van der Waals surface area contributed by atoms with E-state index in [9.17, 15) is 14.7 Å². The van der Waals surface area contributed by atoms with Crippen LogP contribution in [0.1, 0.15) is 25.3 Å². The number of aromatic hydroxyl groups is 1. The normalized spacial score (nSPS) is 27.8. The minimum Gasteiger partial charge on any atom is -0.508 e. The molecule has 1 saturated heterocycles. The second-order valence-corrected chi connectivity index (χ2v) is 6.10. The van der Waals surface area contributed by atoms with Crippen LogP contribution < -0.4 is 5.32 Å². The first-order chi connectivity index (χ1) is 10.0. The molecule has 3 atom stereocenters. The number of nitrogens with one attached hydrogen (secondary N) is 1. The van der Waals surface area contributed by atoms with Gasteiger partial charge in [0.15, 0.2) is 0 Å². The second kappa shape index (κ2) is 5.39. The third-order valence-electron chi connectivity index (χ3n) is 4.33. The van der Waals surface area contributed by atoms with Crippen LogP contribution in [0.4, 0.5) is 0 Å². The van der Waals surface area contributed by atoms with Crippen LogP contribution >= 0.6 is 0 Å². The van der Waals surface area contributed by atoms with Crippen molar-refractivity contribution in [2.45, 2.75) is 38.3 Å². The molecule has 0 spiro atoms. The van der Waals surface area contributed by atoms with Gasteiger partial charge in [0.1, 0.15) is 5.75 Å². The van der Waals surface area contributed by atoms with Crippen molar-refractivity contribution in [3.63, 3.8) is 0 Å². The number of rotatable bonds is 4. The number of carbonyl (C=O) groups is 2. The van der Waals surface area contributed by atoms with E-state index in [1.54, 1.807) is 24.3 Å². The molecule has 0 radical (unpaired) electrons. The van der Waals surface area contributed by atoms with Crippen molar-refractivity contribution >= 4 is 11.8 Å². The molecule has 0 bridgehead atoms. The van der Waals surface area contributed by atoms with Gasteiger partial charge in [0.2, 0.25) is 11.8 Å². The Labute approximate surface area is 123 Å². The van der Waals surface area contributed by atoms with Gasteiger partial charge < -0.3 is 15.3 Å². The highest BCUT2D eigenvalue weighted by Gasteiger charge is 2.44. The molecule has 3 rings (SSSR count). The molecular weight excluding hydrogens is 268 g/mol. The summed E-state index contributed by atoms with van der Waals surface area (Å²) in [6.45, 7) is 2.75. The van der Waals surface area contributed by atoms with Crippen LogP contribution in [0.25, 0.3) is 0 Å². The van der Waals surface area contributed by atoms with E-state index in [-0.39, 0.29) is 30.0 Å². The van der Waals surface area contributed by atoms with Crippen LogP contribution in [-0.4, -0.2) is 40.4 Å². The highest BCUT2D eigenvalue weighted by atomic mass is 16.3. The Morgan fingerprint density at radius 3 is 2.81 bits per heavy atom. The van der Waals surface area contributed by atoms with Crippen LogP contribution in [0, 0.1) is 5.92 Å². The smallest absolute Gasteiger partial charge is 0.225 e. The molecule has 1 heterocycles. The van der Waals surface area contributed by atoms with Gasteiger partial charge in [0, 0.05) is 24.6 Å². The third kappa shape index (κ3) is 3.01. The van der Waals surface area contributed by atoms with Gasteiger partial charge in [-0.1, -0.05) is 25.1 Å². The Kier molecular flexibility index (Phi) is 3.57. The Morgan fingerprint density at radius 2 is 2.14 bits per heavy atom. The number of likely N-dealkylation sites (tertiary alicyclic amines) is 1. The van der Waals surface area contributed by atoms with E-state index in [0.717, 1.165) is 6.42 Å². The number of nitrogens with zero attached hydrogens (tertiary/aromatic N) is 1. The average molecular weight is 288 g/mol. The number of para-hydroxylation sites is 1. The minimum atomic E-state index is -0.153. The molecule has 5 nitrogen and oxygen atoms in total. The van der Waals surface area contributed by atoms with Crippen LogP contribution in [0.15, 0.2) is 24.3 Å². The summed E-state index contributed by atoms with van der Waals surface area (Å²) in [6, 6.07) is 7.07. The van der Waals surface area contributed by atoms with Crippen LogP contribution in [0.2, 0.25) is 0 Å². The maximum absolute atomic E-state index is 12.0. The summed E-state index contributed by atoms with van der Waals surface area (Å²) < 4.78 is 0. The van der Waals surface area contributed by atoms with Gasteiger partial charge in [-0.05, 0) is 18.4 Å². The van der Waals surface area contributed by atoms with Gasteiger partial charge in [-0.3, -0.25) is 9.59 Å². The topological polar surface area (TPSA) is 69.6 Å². The van der Waals surface area contributed by atoms with Gasteiger partial charge in [0.25, 0.3) is 0 Å². The number of phenols is 1. The first kappa shape index (κ1) is 13.9. The molecule has 1 aromatic carbocycles. The van der Waals surface area contributed by atoms with Crippen LogP contribution in [0.5, 0.6) is 5.75 Å². The number of hydrogen-bond donors (Lipinski definition) is 2. The Morgan fingerprint density at radius 1 is 1.43 bits per heavy atom. The van der Waals surface area contributed by atoms with Crippen molar-refractivity contribution in [1.29, 1.82) is 0 Å². The van der Waals surface area contributed by atoms with Gasteiger partial charge in [0.05, 0.1) is 12.5 Å². The summed E-state index contributed by atoms with van der Waals surface area (Å²) in [5.41, 5.74) is 0.604. The lowest BCUT2D eigenvalue weighted by Crippen LogP contribution is -2.38. The maximum Gasteiger partial charge on any atom is 0.225 e. The molecular formula is C16H20N2O3. The monoisotopic (exact) mass is 288 g/mol. The van der Waals surface area contributed by atoms with E-state index in [1.165, 1.54) is 0 Å². The highest BCUT2D eigenvalue weighted by Crippen LogP contribution is 2.37. The quantitative estimate of drug-likeness (QED) is 0.870. The van der Waals surface area contributed by atoms with E-state index in [1.807, 2.05) is 4.90 Å². The number of hydrogen-bond acceptors (Lipinski definition) is 3. The standard InChI is InChI=1S/C16H20N2O3/c1-10-6-13(10)18-9-12(8-16(18)21)17-15(20)7-11-4-2-3-5-14(11)19/h2-5,10,12-13,19H,6-9H2,1H3,(H,17,20)/t10-,12-,13-/m1/s1. The van der Waals surface area contributed by atoms with E-state index in [4.69, 9.17) is 0 Å². The average Bonchev–Trinajstić information content (AvgIpc) is 3.04. The number of amides is 2. The second-order valence-electron chi connectivity index (χ2n) is 6.10. The molecule has 0 aromatic heterocycles. The fourth-order valence-corrected chi connectivity index (χ4v) is 3.00. The van der Waals surface area contributed by atoms with E-state index in [2.05, 4.69) is 12.2 Å². The SMILES string of the molecule is C[C@@H]1C[C@H]1N1C[C@H](NC(=O)Cc2ccccc2O)CC1=O. The van der Waals surface area contributed by atoms with Crippen LogP contribution in [-0.2, 0) is 16.0 Å². The Hall–Kier alpha value is -2.04. The molecule has 112 valence electrons. The molecule has 21 heavy (non-hydrogen) atoms. The van der Waals surface area contributed by atoms with E-state index >= 15 is 0 Å². The maximum atomic E-state index is 12.0. The largest absolute Gasteiger partial charge is 0.508 e. The summed E-state index contributed by atoms with van der Waals surface area (Å²) in [7, 11) is 0. The first-order valence-corrected chi connectivity index (χ1v) is 7.40. The van der Waals surface area contributed by atoms with E-state index < -0.39 is 0 Å². The number of carbonyl (C=O) groups excluding carboxylic acids is 2. The fourth-order valence-electron chi connectivity index (χ4n) is 3.00. The summed E-state index contributed by atoms with van der Waals surface area (Å²) >= 11 is 0. The zero-order valence-corrected chi connectivity index (χ0v) is 12.1. The number of benzene rings is 1. The number of phenolic OH excluding ortho intramolecular Hbond substituents is 1. The summed E-state index contributed by atoms with van der Waals surface area (Å²) in [6.07, 6.45) is 1.59. The van der Waals surface area contributed by atoms with Crippen molar-refractivity contribution in [2.75, 3.05) is 6.54 Å². The van der Waals surface area contributed by atoms with E-state index in [0.29, 0.717) is 30.5 Å². The van der Waals surface area contributed by atoms with Crippen molar-refractivity contribution in [3.05, 3.63) is 29.8 Å². The molecule has 1 aliphatic carbocycles. The lowest BCUT2D eigenvalue weighted by Gasteiger charge is -2.17. The molecule has 2 amide bonds. The molecule has 2 fully saturated rings. The van der Waals surface area contributed by atoms with Gasteiger partial charge in [-0.2, -0.15) is 0 Å². The van der Waals surface area contributed by atoms with Gasteiger partial charge >= 0.3 is 0 Å². The van der Waals surface area contributed by atoms with Crippen molar-refractivity contribution in [3.8, 4) is 5.75 Å². The molecule has 5 heteroatoms. The highest BCUT2D eigenvalue weighted by molar-refractivity contribution is 5.83. The predicted molar refractivity (Wildman–Crippen MR) is 77.6 cm³/mol. The fraction of sp³-hybridized carbons (Fsp3) is 0.500.